The van der Waals surface area contributed by atoms with Gasteiger partial charge in [-0.3, -0.25) is 14.6 Å². The predicted octanol–water partition coefficient (Wildman–Crippen LogP) is 3.43. The molecule has 138 valence electrons. The van der Waals surface area contributed by atoms with E-state index in [1.54, 1.807) is 24.4 Å². The number of pyridine rings is 1. The van der Waals surface area contributed by atoms with Crippen molar-refractivity contribution in [1.29, 1.82) is 0 Å². The number of carbonyl (C=O) groups excluding carboxylic acids is 2. The van der Waals surface area contributed by atoms with E-state index in [1.807, 2.05) is 30.3 Å². The number of nitrogens with one attached hydrogen (secondary N) is 1. The highest BCUT2D eigenvalue weighted by atomic mass is 19.1. The standard InChI is InChI=1S/C21H20FN3O2/c1-15(26)25(19-10-4-7-16-8-5-12-23-21(16)19)13-11-20(27)24-14-17-6-2-3-9-18(17)22/h2-10,12H,11,13-14H2,1H3,(H,24,27). The Hall–Kier alpha value is -3.28. The van der Waals surface area contributed by atoms with Crippen LogP contribution in [0.25, 0.3) is 10.9 Å². The van der Waals surface area contributed by atoms with Crippen LogP contribution in [-0.4, -0.2) is 23.3 Å². The van der Waals surface area contributed by atoms with Gasteiger partial charge in [0.1, 0.15) is 5.82 Å². The minimum atomic E-state index is -0.356. The van der Waals surface area contributed by atoms with Gasteiger partial charge in [0.2, 0.25) is 11.8 Å². The number of hydrogen-bond donors (Lipinski definition) is 1. The van der Waals surface area contributed by atoms with E-state index in [0.717, 1.165) is 5.39 Å². The average Bonchev–Trinajstić information content (AvgIpc) is 2.67. The van der Waals surface area contributed by atoms with Crippen LogP contribution < -0.4 is 10.2 Å². The van der Waals surface area contributed by atoms with Crippen LogP contribution in [0.2, 0.25) is 0 Å². The number of halogens is 1. The summed E-state index contributed by atoms with van der Waals surface area (Å²) in [5, 5.41) is 3.61. The summed E-state index contributed by atoms with van der Waals surface area (Å²) in [6.07, 6.45) is 1.78. The van der Waals surface area contributed by atoms with E-state index < -0.39 is 0 Å². The van der Waals surface area contributed by atoms with Crippen LogP contribution in [-0.2, 0) is 16.1 Å². The summed E-state index contributed by atoms with van der Waals surface area (Å²) in [6, 6.07) is 15.6. The summed E-state index contributed by atoms with van der Waals surface area (Å²) < 4.78 is 13.6. The zero-order valence-corrected chi connectivity index (χ0v) is 15.0. The molecular formula is C21H20FN3O2. The van der Waals surface area contributed by atoms with Gasteiger partial charge in [-0.05, 0) is 18.2 Å². The number of amides is 2. The van der Waals surface area contributed by atoms with Crippen molar-refractivity contribution < 1.29 is 14.0 Å². The lowest BCUT2D eigenvalue weighted by molar-refractivity contribution is -0.121. The van der Waals surface area contributed by atoms with Gasteiger partial charge in [0.25, 0.3) is 0 Å². The molecule has 0 spiro atoms. The molecule has 3 rings (SSSR count). The number of benzene rings is 2. The highest BCUT2D eigenvalue weighted by Crippen LogP contribution is 2.25. The largest absolute Gasteiger partial charge is 0.352 e. The second kappa shape index (κ2) is 8.40. The Bertz CT molecular complexity index is 969. The number of rotatable bonds is 6. The van der Waals surface area contributed by atoms with Crippen molar-refractivity contribution in [1.82, 2.24) is 10.3 Å². The molecule has 1 heterocycles. The second-order valence-electron chi connectivity index (χ2n) is 6.14. The minimum Gasteiger partial charge on any atom is -0.352 e. The Labute approximate surface area is 156 Å². The summed E-state index contributed by atoms with van der Waals surface area (Å²) in [7, 11) is 0. The van der Waals surface area contributed by atoms with Gasteiger partial charge in [0, 0.05) is 43.6 Å². The fourth-order valence-electron chi connectivity index (χ4n) is 2.89. The third-order valence-corrected chi connectivity index (χ3v) is 4.28. The van der Waals surface area contributed by atoms with Crippen LogP contribution >= 0.6 is 0 Å². The molecule has 6 heteroatoms. The molecule has 3 aromatic rings. The maximum Gasteiger partial charge on any atom is 0.223 e. The lowest BCUT2D eigenvalue weighted by atomic mass is 10.1. The predicted molar refractivity (Wildman–Crippen MR) is 103 cm³/mol. The van der Waals surface area contributed by atoms with E-state index in [-0.39, 0.29) is 37.1 Å². The Balaban J connectivity index is 1.67. The first kappa shape index (κ1) is 18.5. The fourth-order valence-corrected chi connectivity index (χ4v) is 2.89. The van der Waals surface area contributed by atoms with Gasteiger partial charge in [-0.15, -0.1) is 0 Å². The average molecular weight is 365 g/mol. The molecule has 5 nitrogen and oxygen atoms in total. The number of anilines is 1. The quantitative estimate of drug-likeness (QED) is 0.728. The highest BCUT2D eigenvalue weighted by molar-refractivity contribution is 6.01. The molecule has 0 aliphatic carbocycles. The van der Waals surface area contributed by atoms with Gasteiger partial charge in [0.05, 0.1) is 11.2 Å². The number of nitrogens with zero attached hydrogens (tertiary/aromatic N) is 2. The van der Waals surface area contributed by atoms with Gasteiger partial charge < -0.3 is 10.2 Å². The van der Waals surface area contributed by atoms with Gasteiger partial charge in [-0.25, -0.2) is 4.39 Å². The first-order chi connectivity index (χ1) is 13.1. The summed E-state index contributed by atoms with van der Waals surface area (Å²) in [6.45, 7) is 1.79. The molecule has 27 heavy (non-hydrogen) atoms. The van der Waals surface area contributed by atoms with Crippen molar-refractivity contribution in [2.45, 2.75) is 19.9 Å². The van der Waals surface area contributed by atoms with Crippen LogP contribution in [0.4, 0.5) is 10.1 Å². The highest BCUT2D eigenvalue weighted by Gasteiger charge is 2.16. The van der Waals surface area contributed by atoms with E-state index in [1.165, 1.54) is 17.9 Å². The number of fused-ring (bicyclic) bond motifs is 1. The zero-order chi connectivity index (χ0) is 19.2. The maximum absolute atomic E-state index is 13.6. The van der Waals surface area contributed by atoms with E-state index in [9.17, 15) is 14.0 Å². The maximum atomic E-state index is 13.6. The number of carbonyl (C=O) groups is 2. The number of hydrogen-bond acceptors (Lipinski definition) is 3. The molecule has 0 radical (unpaired) electrons. The number of para-hydroxylation sites is 1. The van der Waals surface area contributed by atoms with Crippen LogP contribution in [0.15, 0.2) is 60.8 Å². The molecule has 0 saturated carbocycles. The molecule has 2 aromatic carbocycles. The SMILES string of the molecule is CC(=O)N(CCC(=O)NCc1ccccc1F)c1cccc2cccnc12. The second-order valence-corrected chi connectivity index (χ2v) is 6.14. The summed E-state index contributed by atoms with van der Waals surface area (Å²) in [4.78, 5) is 30.2. The number of aromatic nitrogens is 1. The summed E-state index contributed by atoms with van der Waals surface area (Å²) in [5.41, 5.74) is 1.80. The third-order valence-electron chi connectivity index (χ3n) is 4.28. The van der Waals surface area contributed by atoms with Crippen molar-refractivity contribution >= 4 is 28.4 Å². The van der Waals surface area contributed by atoms with Crippen LogP contribution in [0.5, 0.6) is 0 Å². The Morgan fingerprint density at radius 3 is 2.63 bits per heavy atom. The van der Waals surface area contributed by atoms with Crippen molar-refractivity contribution in [3.8, 4) is 0 Å². The van der Waals surface area contributed by atoms with Gasteiger partial charge in [0.15, 0.2) is 0 Å². The topological polar surface area (TPSA) is 62.3 Å². The Morgan fingerprint density at radius 2 is 1.85 bits per heavy atom. The molecule has 0 fully saturated rings. The minimum absolute atomic E-state index is 0.108. The van der Waals surface area contributed by atoms with E-state index in [0.29, 0.717) is 16.8 Å². The molecule has 0 aliphatic rings. The molecule has 0 bridgehead atoms. The monoisotopic (exact) mass is 365 g/mol. The Morgan fingerprint density at radius 1 is 1.07 bits per heavy atom. The van der Waals surface area contributed by atoms with Crippen molar-refractivity contribution in [2.75, 3.05) is 11.4 Å². The normalized spacial score (nSPS) is 10.6. The lowest BCUT2D eigenvalue weighted by Crippen LogP contribution is -2.34. The van der Waals surface area contributed by atoms with Gasteiger partial charge in [-0.2, -0.15) is 0 Å². The lowest BCUT2D eigenvalue weighted by Gasteiger charge is -2.22. The first-order valence-corrected chi connectivity index (χ1v) is 8.68. The summed E-state index contributed by atoms with van der Waals surface area (Å²) in [5.74, 6) is -0.780. The van der Waals surface area contributed by atoms with E-state index >= 15 is 0 Å². The molecule has 0 saturated heterocycles. The van der Waals surface area contributed by atoms with Gasteiger partial charge in [-0.1, -0.05) is 36.4 Å². The fraction of sp³-hybridized carbons (Fsp3) is 0.190. The van der Waals surface area contributed by atoms with E-state index in [4.69, 9.17) is 0 Å². The van der Waals surface area contributed by atoms with Crippen molar-refractivity contribution in [3.05, 3.63) is 72.2 Å². The molecular weight excluding hydrogens is 345 g/mol. The molecule has 0 unspecified atom stereocenters. The molecule has 1 N–H and O–H groups in total. The summed E-state index contributed by atoms with van der Waals surface area (Å²) >= 11 is 0. The zero-order valence-electron chi connectivity index (χ0n) is 15.0. The van der Waals surface area contributed by atoms with Crippen LogP contribution in [0.1, 0.15) is 18.9 Å². The van der Waals surface area contributed by atoms with Gasteiger partial charge >= 0.3 is 0 Å². The van der Waals surface area contributed by atoms with Crippen LogP contribution in [0.3, 0.4) is 0 Å². The smallest absolute Gasteiger partial charge is 0.223 e. The molecule has 0 atom stereocenters. The Kier molecular flexibility index (Phi) is 5.76. The molecule has 0 aliphatic heterocycles. The van der Waals surface area contributed by atoms with Crippen molar-refractivity contribution in [2.24, 2.45) is 0 Å². The van der Waals surface area contributed by atoms with Crippen LogP contribution in [0, 0.1) is 5.82 Å². The van der Waals surface area contributed by atoms with Crippen molar-refractivity contribution in [3.63, 3.8) is 0 Å². The molecule has 1 aromatic heterocycles. The first-order valence-electron chi connectivity index (χ1n) is 8.68. The van der Waals surface area contributed by atoms with E-state index in [2.05, 4.69) is 10.3 Å². The third kappa shape index (κ3) is 4.47. The molecule has 2 amide bonds.